The van der Waals surface area contributed by atoms with Gasteiger partial charge in [0, 0.05) is 34.7 Å². The molecule has 0 fully saturated rings. The normalized spacial score (nSPS) is 11.4. The third-order valence-corrected chi connectivity index (χ3v) is 4.67. The minimum Gasteiger partial charge on any atom is -0.347 e. The fraction of sp³-hybridized carbons (Fsp3) is 0.227. The maximum absolute atomic E-state index is 12.5. The molecule has 0 bridgehead atoms. The van der Waals surface area contributed by atoms with E-state index in [-0.39, 0.29) is 18.0 Å². The van der Waals surface area contributed by atoms with Gasteiger partial charge in [-0.05, 0) is 36.2 Å². The highest BCUT2D eigenvalue weighted by molar-refractivity contribution is 5.94. The highest BCUT2D eigenvalue weighted by Gasteiger charge is 2.10. The Morgan fingerprint density at radius 3 is 2.75 bits per heavy atom. The molecule has 2 aromatic heterocycles. The van der Waals surface area contributed by atoms with Crippen LogP contribution in [0.1, 0.15) is 13.8 Å². The van der Waals surface area contributed by atoms with Crippen molar-refractivity contribution in [2.75, 3.05) is 5.32 Å². The Hall–Kier alpha value is -3.41. The SMILES string of the molecule is CC(C)Cn1ccc2cc(NC(=O)Cn3ncc4ccccc4c3=O)ccc21. The average molecular weight is 374 g/mol. The van der Waals surface area contributed by atoms with Gasteiger partial charge in [0.1, 0.15) is 6.54 Å². The maximum atomic E-state index is 12.5. The van der Waals surface area contributed by atoms with Crippen molar-refractivity contribution in [3.05, 3.63) is 71.3 Å². The van der Waals surface area contributed by atoms with E-state index < -0.39 is 0 Å². The minimum absolute atomic E-state index is 0.129. The predicted molar refractivity (Wildman–Crippen MR) is 111 cm³/mol. The van der Waals surface area contributed by atoms with Gasteiger partial charge in [-0.15, -0.1) is 0 Å². The van der Waals surface area contributed by atoms with E-state index in [1.54, 1.807) is 18.3 Å². The Labute approximate surface area is 162 Å². The summed E-state index contributed by atoms with van der Waals surface area (Å²) in [5.74, 6) is 0.272. The van der Waals surface area contributed by atoms with Gasteiger partial charge < -0.3 is 9.88 Å². The standard InChI is InChI=1S/C22H22N4O2/c1-15(2)13-25-10-9-16-11-18(7-8-20(16)25)24-21(27)14-26-22(28)19-6-4-3-5-17(19)12-23-26/h3-12,15H,13-14H2,1-2H3,(H,24,27). The van der Waals surface area contributed by atoms with Crippen molar-refractivity contribution in [2.24, 2.45) is 5.92 Å². The smallest absolute Gasteiger partial charge is 0.275 e. The van der Waals surface area contributed by atoms with Crippen LogP contribution in [0.4, 0.5) is 5.69 Å². The summed E-state index contributed by atoms with van der Waals surface area (Å²) in [5, 5.41) is 9.36. The molecule has 28 heavy (non-hydrogen) atoms. The van der Waals surface area contributed by atoms with Crippen molar-refractivity contribution in [3.63, 3.8) is 0 Å². The second kappa shape index (κ2) is 7.31. The average Bonchev–Trinajstić information content (AvgIpc) is 3.05. The fourth-order valence-electron chi connectivity index (χ4n) is 3.41. The predicted octanol–water partition coefficient (Wildman–Crippen LogP) is 3.65. The van der Waals surface area contributed by atoms with Gasteiger partial charge in [0.25, 0.3) is 5.56 Å². The van der Waals surface area contributed by atoms with E-state index in [1.807, 2.05) is 36.4 Å². The van der Waals surface area contributed by atoms with Gasteiger partial charge >= 0.3 is 0 Å². The van der Waals surface area contributed by atoms with Gasteiger partial charge in [-0.3, -0.25) is 9.59 Å². The van der Waals surface area contributed by atoms with Crippen LogP contribution in [-0.4, -0.2) is 20.3 Å². The van der Waals surface area contributed by atoms with Crippen LogP contribution in [0.15, 0.2) is 65.7 Å². The first-order chi connectivity index (χ1) is 13.5. The highest BCUT2D eigenvalue weighted by atomic mass is 16.2. The van der Waals surface area contributed by atoms with Crippen molar-refractivity contribution >= 4 is 33.3 Å². The topological polar surface area (TPSA) is 68.9 Å². The first-order valence-corrected chi connectivity index (χ1v) is 9.35. The number of benzene rings is 2. The lowest BCUT2D eigenvalue weighted by atomic mass is 10.2. The van der Waals surface area contributed by atoms with E-state index in [4.69, 9.17) is 0 Å². The van der Waals surface area contributed by atoms with E-state index in [0.717, 1.165) is 22.8 Å². The van der Waals surface area contributed by atoms with Crippen LogP contribution in [0.3, 0.4) is 0 Å². The monoisotopic (exact) mass is 374 g/mol. The Bertz CT molecular complexity index is 1220. The van der Waals surface area contributed by atoms with Gasteiger partial charge in [0.05, 0.1) is 11.6 Å². The molecule has 0 saturated heterocycles. The van der Waals surface area contributed by atoms with Crippen LogP contribution in [0, 0.1) is 5.92 Å². The Morgan fingerprint density at radius 2 is 1.93 bits per heavy atom. The lowest BCUT2D eigenvalue weighted by molar-refractivity contribution is -0.117. The van der Waals surface area contributed by atoms with Gasteiger partial charge in [-0.1, -0.05) is 32.0 Å². The molecule has 6 nitrogen and oxygen atoms in total. The summed E-state index contributed by atoms with van der Waals surface area (Å²) in [6.45, 7) is 5.19. The summed E-state index contributed by atoms with van der Waals surface area (Å²) < 4.78 is 3.40. The van der Waals surface area contributed by atoms with Crippen LogP contribution in [-0.2, 0) is 17.9 Å². The maximum Gasteiger partial charge on any atom is 0.275 e. The van der Waals surface area contributed by atoms with Gasteiger partial charge in [-0.25, -0.2) is 4.68 Å². The van der Waals surface area contributed by atoms with Crippen molar-refractivity contribution in [1.29, 1.82) is 0 Å². The highest BCUT2D eigenvalue weighted by Crippen LogP contribution is 2.21. The summed E-state index contributed by atoms with van der Waals surface area (Å²) in [6.07, 6.45) is 3.67. The molecule has 6 heteroatoms. The van der Waals surface area contributed by atoms with E-state index in [9.17, 15) is 9.59 Å². The summed E-state index contributed by atoms with van der Waals surface area (Å²) in [4.78, 5) is 24.9. The van der Waals surface area contributed by atoms with Crippen molar-refractivity contribution in [1.82, 2.24) is 14.3 Å². The number of anilines is 1. The molecule has 2 aromatic carbocycles. The zero-order chi connectivity index (χ0) is 19.7. The van der Waals surface area contributed by atoms with Gasteiger partial charge in [0.2, 0.25) is 5.91 Å². The quantitative estimate of drug-likeness (QED) is 0.580. The number of amides is 1. The number of hydrogen-bond acceptors (Lipinski definition) is 3. The van der Waals surface area contributed by atoms with E-state index >= 15 is 0 Å². The zero-order valence-electron chi connectivity index (χ0n) is 15.9. The van der Waals surface area contributed by atoms with Crippen molar-refractivity contribution in [2.45, 2.75) is 26.9 Å². The van der Waals surface area contributed by atoms with Gasteiger partial charge in [-0.2, -0.15) is 5.10 Å². The molecule has 2 heterocycles. The number of fused-ring (bicyclic) bond motifs is 2. The molecule has 0 radical (unpaired) electrons. The molecule has 0 unspecified atom stereocenters. The minimum atomic E-state index is -0.286. The number of aromatic nitrogens is 3. The van der Waals surface area contributed by atoms with Crippen LogP contribution in [0.25, 0.3) is 21.7 Å². The molecule has 1 amide bonds. The molecule has 4 rings (SSSR count). The number of carbonyl (C=O) groups excluding carboxylic acids is 1. The number of rotatable bonds is 5. The molecule has 0 aliphatic rings. The number of nitrogens with one attached hydrogen (secondary N) is 1. The number of carbonyl (C=O) groups is 1. The summed E-state index contributed by atoms with van der Waals surface area (Å²) >= 11 is 0. The van der Waals surface area contributed by atoms with E-state index in [0.29, 0.717) is 17.0 Å². The fourth-order valence-corrected chi connectivity index (χ4v) is 3.41. The molecule has 0 aliphatic heterocycles. The number of nitrogens with zero attached hydrogens (tertiary/aromatic N) is 3. The number of hydrogen-bond donors (Lipinski definition) is 1. The van der Waals surface area contributed by atoms with Crippen LogP contribution in [0.5, 0.6) is 0 Å². The molecule has 0 spiro atoms. The van der Waals surface area contributed by atoms with Crippen LogP contribution < -0.4 is 10.9 Å². The Kier molecular flexibility index (Phi) is 4.69. The second-order valence-electron chi connectivity index (χ2n) is 7.38. The molecule has 142 valence electrons. The molecule has 0 atom stereocenters. The lowest BCUT2D eigenvalue weighted by Crippen LogP contribution is -2.29. The third-order valence-electron chi connectivity index (χ3n) is 4.67. The summed E-state index contributed by atoms with van der Waals surface area (Å²) in [6, 6.07) is 15.1. The molecular formula is C22H22N4O2. The second-order valence-corrected chi connectivity index (χ2v) is 7.38. The van der Waals surface area contributed by atoms with Gasteiger partial charge in [0.15, 0.2) is 0 Å². The molecule has 1 N–H and O–H groups in total. The third kappa shape index (κ3) is 3.53. The molecular weight excluding hydrogens is 352 g/mol. The summed E-state index contributed by atoms with van der Waals surface area (Å²) in [5.41, 5.74) is 1.57. The Morgan fingerprint density at radius 1 is 1.11 bits per heavy atom. The van der Waals surface area contributed by atoms with Crippen LogP contribution >= 0.6 is 0 Å². The summed E-state index contributed by atoms with van der Waals surface area (Å²) in [7, 11) is 0. The van der Waals surface area contributed by atoms with Crippen LogP contribution in [0.2, 0.25) is 0 Å². The first kappa shape index (κ1) is 18.0. The lowest BCUT2D eigenvalue weighted by Gasteiger charge is -2.10. The van der Waals surface area contributed by atoms with E-state index in [2.05, 4.69) is 35.0 Å². The largest absolute Gasteiger partial charge is 0.347 e. The van der Waals surface area contributed by atoms with Crippen molar-refractivity contribution in [3.8, 4) is 0 Å². The van der Waals surface area contributed by atoms with E-state index in [1.165, 1.54) is 4.68 Å². The first-order valence-electron chi connectivity index (χ1n) is 9.35. The van der Waals surface area contributed by atoms with Crippen molar-refractivity contribution < 1.29 is 4.79 Å². The Balaban J connectivity index is 1.52. The molecule has 0 saturated carbocycles. The zero-order valence-corrected chi connectivity index (χ0v) is 15.9. The molecule has 4 aromatic rings. The molecule has 0 aliphatic carbocycles.